The molecule has 0 atom stereocenters. The molecule has 0 aliphatic carbocycles. The highest BCUT2D eigenvalue weighted by molar-refractivity contribution is 5.94. The lowest BCUT2D eigenvalue weighted by Crippen LogP contribution is -2.39. The number of nitrogens with one attached hydrogen (secondary N) is 3. The Morgan fingerprint density at radius 2 is 1.30 bits per heavy atom. The SMILES string of the molecule is CCN(CC)Cc1ccc(CNC(=O)c2ccc(CNC(=O)NC(C)C)cc2)cc1. The van der Waals surface area contributed by atoms with E-state index in [2.05, 4.69) is 59.0 Å². The summed E-state index contributed by atoms with van der Waals surface area (Å²) in [5.41, 5.74) is 3.89. The molecule has 0 aliphatic heterocycles. The summed E-state index contributed by atoms with van der Waals surface area (Å²) in [6.07, 6.45) is 0. The van der Waals surface area contributed by atoms with Crippen LogP contribution in [0.2, 0.25) is 0 Å². The van der Waals surface area contributed by atoms with E-state index in [1.807, 2.05) is 26.0 Å². The third-order valence-electron chi connectivity index (χ3n) is 4.87. The van der Waals surface area contributed by atoms with Crippen molar-refractivity contribution in [2.24, 2.45) is 0 Å². The maximum absolute atomic E-state index is 12.4. The first-order valence-electron chi connectivity index (χ1n) is 10.6. The first-order valence-corrected chi connectivity index (χ1v) is 10.6. The smallest absolute Gasteiger partial charge is 0.315 e. The molecule has 3 N–H and O–H groups in total. The molecule has 0 aliphatic rings. The van der Waals surface area contributed by atoms with Crippen molar-refractivity contribution in [2.45, 2.75) is 53.4 Å². The predicted molar refractivity (Wildman–Crippen MR) is 121 cm³/mol. The molecule has 0 unspecified atom stereocenters. The lowest BCUT2D eigenvalue weighted by Gasteiger charge is -2.18. The van der Waals surface area contributed by atoms with Gasteiger partial charge < -0.3 is 16.0 Å². The number of urea groups is 1. The van der Waals surface area contributed by atoms with Gasteiger partial charge in [-0.15, -0.1) is 0 Å². The Labute approximate surface area is 180 Å². The van der Waals surface area contributed by atoms with Gasteiger partial charge in [0.15, 0.2) is 0 Å². The minimum atomic E-state index is -0.199. The van der Waals surface area contributed by atoms with Crippen molar-refractivity contribution >= 4 is 11.9 Å². The van der Waals surface area contributed by atoms with Crippen LogP contribution in [-0.2, 0) is 19.6 Å². The number of rotatable bonds is 10. The second-order valence-electron chi connectivity index (χ2n) is 7.64. The largest absolute Gasteiger partial charge is 0.348 e. The number of benzene rings is 2. The molecule has 2 aromatic carbocycles. The minimum Gasteiger partial charge on any atom is -0.348 e. The van der Waals surface area contributed by atoms with Gasteiger partial charge >= 0.3 is 6.03 Å². The maximum Gasteiger partial charge on any atom is 0.315 e. The summed E-state index contributed by atoms with van der Waals surface area (Å²) in [5, 5.41) is 8.53. The summed E-state index contributed by atoms with van der Waals surface area (Å²) in [6, 6.07) is 15.5. The highest BCUT2D eigenvalue weighted by atomic mass is 16.2. The molecule has 0 radical (unpaired) electrons. The molecule has 6 nitrogen and oxygen atoms in total. The predicted octanol–water partition coefficient (Wildman–Crippen LogP) is 3.67. The van der Waals surface area contributed by atoms with Gasteiger partial charge in [-0.1, -0.05) is 50.2 Å². The molecule has 3 amide bonds. The Kier molecular flexibility index (Phi) is 9.35. The standard InChI is InChI=1S/C24H34N4O2/c1-5-28(6-2)17-21-9-7-19(8-10-21)15-25-23(29)22-13-11-20(12-14-22)16-26-24(30)27-18(3)4/h7-14,18H,5-6,15-17H2,1-4H3,(H,25,29)(H2,26,27,30). The number of carbonyl (C=O) groups is 2. The molecule has 0 spiro atoms. The molecule has 0 saturated carbocycles. The van der Waals surface area contributed by atoms with Crippen LogP contribution >= 0.6 is 0 Å². The van der Waals surface area contributed by atoms with Gasteiger partial charge in [-0.25, -0.2) is 4.79 Å². The fraction of sp³-hybridized carbons (Fsp3) is 0.417. The molecular formula is C24H34N4O2. The molecule has 162 valence electrons. The van der Waals surface area contributed by atoms with Gasteiger partial charge in [0.25, 0.3) is 5.91 Å². The zero-order valence-electron chi connectivity index (χ0n) is 18.5. The average molecular weight is 411 g/mol. The summed E-state index contributed by atoms with van der Waals surface area (Å²) < 4.78 is 0. The van der Waals surface area contributed by atoms with Crippen molar-refractivity contribution in [1.29, 1.82) is 0 Å². The van der Waals surface area contributed by atoms with Crippen LogP contribution in [0, 0.1) is 0 Å². The van der Waals surface area contributed by atoms with E-state index in [-0.39, 0.29) is 18.0 Å². The molecule has 2 rings (SSSR count). The van der Waals surface area contributed by atoms with Crippen LogP contribution in [0.4, 0.5) is 4.79 Å². The number of hydrogen-bond donors (Lipinski definition) is 3. The first-order chi connectivity index (χ1) is 14.4. The number of amides is 3. The third-order valence-corrected chi connectivity index (χ3v) is 4.87. The van der Waals surface area contributed by atoms with Crippen molar-refractivity contribution in [3.63, 3.8) is 0 Å². The number of carbonyl (C=O) groups excluding carboxylic acids is 2. The van der Waals surface area contributed by atoms with Gasteiger partial charge in [0.2, 0.25) is 0 Å². The summed E-state index contributed by atoms with van der Waals surface area (Å²) in [4.78, 5) is 26.4. The Hall–Kier alpha value is -2.86. The highest BCUT2D eigenvalue weighted by Crippen LogP contribution is 2.09. The van der Waals surface area contributed by atoms with Crippen molar-refractivity contribution in [1.82, 2.24) is 20.9 Å². The average Bonchev–Trinajstić information content (AvgIpc) is 2.75. The van der Waals surface area contributed by atoms with Gasteiger partial charge in [0, 0.05) is 31.2 Å². The summed E-state index contributed by atoms with van der Waals surface area (Å²) in [6.45, 7) is 12.1. The Morgan fingerprint density at radius 1 is 0.800 bits per heavy atom. The first kappa shape index (κ1) is 23.4. The number of hydrogen-bond acceptors (Lipinski definition) is 3. The zero-order valence-corrected chi connectivity index (χ0v) is 18.5. The lowest BCUT2D eigenvalue weighted by atomic mass is 10.1. The maximum atomic E-state index is 12.4. The molecule has 0 fully saturated rings. The van der Waals surface area contributed by atoms with Crippen molar-refractivity contribution in [3.8, 4) is 0 Å². The van der Waals surface area contributed by atoms with Crippen molar-refractivity contribution in [2.75, 3.05) is 13.1 Å². The zero-order chi connectivity index (χ0) is 21.9. The van der Waals surface area contributed by atoms with Crippen molar-refractivity contribution in [3.05, 3.63) is 70.8 Å². The minimum absolute atomic E-state index is 0.0923. The highest BCUT2D eigenvalue weighted by Gasteiger charge is 2.07. The monoisotopic (exact) mass is 410 g/mol. The molecule has 0 saturated heterocycles. The molecule has 0 aromatic heterocycles. The molecule has 0 bridgehead atoms. The van der Waals surface area contributed by atoms with E-state index in [4.69, 9.17) is 0 Å². The second-order valence-corrected chi connectivity index (χ2v) is 7.64. The van der Waals surface area contributed by atoms with Gasteiger partial charge in [-0.3, -0.25) is 9.69 Å². The summed E-state index contributed by atoms with van der Waals surface area (Å²) >= 11 is 0. The van der Waals surface area contributed by atoms with Gasteiger partial charge in [0.1, 0.15) is 0 Å². The van der Waals surface area contributed by atoms with E-state index in [0.29, 0.717) is 18.7 Å². The summed E-state index contributed by atoms with van der Waals surface area (Å²) in [7, 11) is 0. The normalized spacial score (nSPS) is 10.9. The topological polar surface area (TPSA) is 73.5 Å². The Morgan fingerprint density at radius 3 is 1.83 bits per heavy atom. The molecule has 6 heteroatoms. The number of nitrogens with zero attached hydrogens (tertiary/aromatic N) is 1. The lowest BCUT2D eigenvalue weighted by molar-refractivity contribution is 0.0951. The van der Waals surface area contributed by atoms with Crippen LogP contribution in [0.25, 0.3) is 0 Å². The Bertz CT molecular complexity index is 797. The van der Waals surface area contributed by atoms with Crippen LogP contribution in [0.1, 0.15) is 54.7 Å². The van der Waals surface area contributed by atoms with E-state index in [0.717, 1.165) is 30.8 Å². The van der Waals surface area contributed by atoms with Crippen LogP contribution in [0.15, 0.2) is 48.5 Å². The summed E-state index contributed by atoms with van der Waals surface area (Å²) in [5.74, 6) is -0.112. The van der Waals surface area contributed by atoms with E-state index >= 15 is 0 Å². The quantitative estimate of drug-likeness (QED) is 0.560. The van der Waals surface area contributed by atoms with Gasteiger partial charge in [-0.05, 0) is 55.8 Å². The molecular weight excluding hydrogens is 376 g/mol. The van der Waals surface area contributed by atoms with E-state index in [9.17, 15) is 9.59 Å². The second kappa shape index (κ2) is 12.0. The van der Waals surface area contributed by atoms with Crippen LogP contribution in [0.5, 0.6) is 0 Å². The van der Waals surface area contributed by atoms with E-state index < -0.39 is 0 Å². The van der Waals surface area contributed by atoms with E-state index in [1.54, 1.807) is 12.1 Å². The van der Waals surface area contributed by atoms with Crippen LogP contribution in [0.3, 0.4) is 0 Å². The van der Waals surface area contributed by atoms with E-state index in [1.165, 1.54) is 5.56 Å². The Balaban J connectivity index is 1.81. The molecule has 30 heavy (non-hydrogen) atoms. The molecule has 0 heterocycles. The van der Waals surface area contributed by atoms with Gasteiger partial charge in [-0.2, -0.15) is 0 Å². The fourth-order valence-electron chi connectivity index (χ4n) is 3.02. The van der Waals surface area contributed by atoms with Gasteiger partial charge in [0.05, 0.1) is 0 Å². The molecule has 2 aromatic rings. The van der Waals surface area contributed by atoms with Crippen LogP contribution < -0.4 is 16.0 Å². The third kappa shape index (κ3) is 7.87. The van der Waals surface area contributed by atoms with Crippen LogP contribution in [-0.4, -0.2) is 36.0 Å². The fourth-order valence-corrected chi connectivity index (χ4v) is 3.02. The van der Waals surface area contributed by atoms with Crippen molar-refractivity contribution < 1.29 is 9.59 Å².